The Hall–Kier alpha value is -2.29. The van der Waals surface area contributed by atoms with Crippen LogP contribution < -0.4 is 10.5 Å². The molecular weight excluding hydrogens is 301 g/mol. The summed E-state index contributed by atoms with van der Waals surface area (Å²) in [5, 5.41) is -0.711. The molecule has 0 spiro atoms. The lowest BCUT2D eigenvalue weighted by Gasteiger charge is -2.15. The first kappa shape index (κ1) is 13.7. The number of carbonyl (C=O) groups is 1. The zero-order valence-electron chi connectivity index (χ0n) is 10.6. The van der Waals surface area contributed by atoms with E-state index in [0.717, 1.165) is 4.90 Å². The molecule has 2 aromatic heterocycles. The number of nitrogens with zero attached hydrogens (tertiary/aromatic N) is 2. The molecule has 0 radical (unpaired) electrons. The van der Waals surface area contributed by atoms with Gasteiger partial charge in [0.2, 0.25) is 11.5 Å². The number of hydrogen-bond acceptors (Lipinski definition) is 5. The molecule has 3 rings (SSSR count). The second-order valence-corrected chi connectivity index (χ2v) is 6.35. The van der Waals surface area contributed by atoms with Crippen molar-refractivity contribution >= 4 is 33.0 Å². The van der Waals surface area contributed by atoms with Gasteiger partial charge in [0.25, 0.3) is 0 Å². The summed E-state index contributed by atoms with van der Waals surface area (Å²) in [6.45, 7) is -0.284. The number of fused-ring (bicyclic) bond motifs is 1. The molecule has 2 aromatic rings. The predicted molar refractivity (Wildman–Crippen MR) is 73.1 cm³/mol. The topological polar surface area (TPSA) is 100 Å². The molecule has 1 atom stereocenters. The van der Waals surface area contributed by atoms with Crippen molar-refractivity contribution in [1.29, 1.82) is 0 Å². The third kappa shape index (κ3) is 2.51. The molecule has 0 aromatic carbocycles. The number of halogens is 1. The van der Waals surface area contributed by atoms with E-state index < -0.39 is 27.8 Å². The van der Waals surface area contributed by atoms with Crippen LogP contribution in [0, 0.1) is 0 Å². The van der Waals surface area contributed by atoms with Crippen LogP contribution >= 0.6 is 0 Å². The molecule has 1 saturated heterocycles. The van der Waals surface area contributed by atoms with Gasteiger partial charge in [0.1, 0.15) is 16.7 Å². The van der Waals surface area contributed by atoms with Crippen LogP contribution in [0.1, 0.15) is 6.42 Å². The van der Waals surface area contributed by atoms with Gasteiger partial charge in [0, 0.05) is 24.4 Å². The van der Waals surface area contributed by atoms with Gasteiger partial charge in [-0.15, -0.1) is 3.89 Å². The summed E-state index contributed by atoms with van der Waals surface area (Å²) in [5.41, 5.74) is -0.0662. The van der Waals surface area contributed by atoms with Gasteiger partial charge in [-0.2, -0.15) is 8.42 Å². The zero-order valence-corrected chi connectivity index (χ0v) is 11.4. The Labute approximate surface area is 118 Å². The van der Waals surface area contributed by atoms with Crippen molar-refractivity contribution in [1.82, 2.24) is 9.97 Å². The van der Waals surface area contributed by atoms with Gasteiger partial charge in [-0.05, 0) is 18.2 Å². The third-order valence-electron chi connectivity index (χ3n) is 3.33. The van der Waals surface area contributed by atoms with Gasteiger partial charge in [0.05, 0.1) is 0 Å². The summed E-state index contributed by atoms with van der Waals surface area (Å²) in [6, 6.07) is 6.08. The standard InChI is InChI=1S/C12H10FN3O4S/c13-21(19,20)8-5-11(18)16(6-8)9-3-1-7-2-4-10(17)15-12(7)14-9/h1-4,8H,5-6H2,(H,14,15,17). The minimum atomic E-state index is -4.77. The van der Waals surface area contributed by atoms with E-state index in [9.17, 15) is 21.9 Å². The lowest BCUT2D eigenvalue weighted by molar-refractivity contribution is -0.117. The van der Waals surface area contributed by atoms with E-state index in [4.69, 9.17) is 0 Å². The molecule has 0 aliphatic carbocycles. The first-order chi connectivity index (χ1) is 9.84. The first-order valence-electron chi connectivity index (χ1n) is 6.08. The highest BCUT2D eigenvalue weighted by Gasteiger charge is 2.39. The average molecular weight is 311 g/mol. The van der Waals surface area contributed by atoms with Crippen molar-refractivity contribution in [2.45, 2.75) is 11.7 Å². The van der Waals surface area contributed by atoms with Gasteiger partial charge in [-0.3, -0.25) is 14.5 Å². The maximum Gasteiger partial charge on any atom is 0.307 e. The van der Waals surface area contributed by atoms with Gasteiger partial charge in [0.15, 0.2) is 0 Å². The summed E-state index contributed by atoms with van der Waals surface area (Å²) >= 11 is 0. The Morgan fingerprint density at radius 1 is 1.24 bits per heavy atom. The number of rotatable bonds is 2. The highest BCUT2D eigenvalue weighted by molar-refractivity contribution is 7.87. The van der Waals surface area contributed by atoms with Crippen molar-refractivity contribution in [3.63, 3.8) is 0 Å². The van der Waals surface area contributed by atoms with Crippen LogP contribution in [0.4, 0.5) is 9.70 Å². The molecule has 1 aliphatic heterocycles. The van der Waals surface area contributed by atoms with Crippen LogP contribution in [0.2, 0.25) is 0 Å². The van der Waals surface area contributed by atoms with E-state index in [0.29, 0.717) is 5.39 Å². The highest BCUT2D eigenvalue weighted by atomic mass is 32.3. The third-order valence-corrected chi connectivity index (χ3v) is 4.44. The van der Waals surface area contributed by atoms with Crippen LogP contribution in [-0.4, -0.2) is 36.1 Å². The molecule has 1 unspecified atom stereocenters. The van der Waals surface area contributed by atoms with Crippen molar-refractivity contribution in [2.75, 3.05) is 11.4 Å². The minimum absolute atomic E-state index is 0.181. The van der Waals surface area contributed by atoms with Gasteiger partial charge < -0.3 is 4.98 Å². The van der Waals surface area contributed by atoms with Crippen molar-refractivity contribution in [3.8, 4) is 0 Å². The Morgan fingerprint density at radius 2 is 1.95 bits per heavy atom. The minimum Gasteiger partial charge on any atom is -0.307 e. The van der Waals surface area contributed by atoms with Crippen molar-refractivity contribution < 1.29 is 17.1 Å². The van der Waals surface area contributed by atoms with Crippen molar-refractivity contribution in [3.05, 3.63) is 34.6 Å². The molecule has 1 aliphatic rings. The van der Waals surface area contributed by atoms with Crippen molar-refractivity contribution in [2.24, 2.45) is 0 Å². The summed E-state index contributed by atoms with van der Waals surface area (Å²) in [6.07, 6.45) is -0.413. The van der Waals surface area contributed by atoms with Gasteiger partial charge >= 0.3 is 10.2 Å². The van der Waals surface area contributed by atoms with Crippen LogP contribution in [0.3, 0.4) is 0 Å². The maximum atomic E-state index is 13.0. The smallest absolute Gasteiger partial charge is 0.307 e. The summed E-state index contributed by atoms with van der Waals surface area (Å²) in [4.78, 5) is 30.8. The fourth-order valence-corrected chi connectivity index (χ4v) is 2.92. The number of pyridine rings is 2. The number of amides is 1. The normalized spacial score (nSPS) is 19.4. The fourth-order valence-electron chi connectivity index (χ4n) is 2.25. The number of hydrogen-bond donors (Lipinski definition) is 1. The van der Waals surface area contributed by atoms with E-state index in [2.05, 4.69) is 9.97 Å². The molecule has 1 N–H and O–H groups in total. The zero-order chi connectivity index (χ0) is 15.2. The number of aromatic nitrogens is 2. The van der Waals surface area contributed by atoms with E-state index in [-0.39, 0.29) is 23.6 Å². The van der Waals surface area contributed by atoms with Crippen LogP contribution in [0.15, 0.2) is 29.1 Å². The molecule has 1 fully saturated rings. The summed E-state index contributed by atoms with van der Waals surface area (Å²) in [5.74, 6) is -0.341. The number of aromatic amines is 1. The monoisotopic (exact) mass is 311 g/mol. The molecule has 3 heterocycles. The van der Waals surface area contributed by atoms with Crippen LogP contribution in [0.25, 0.3) is 11.0 Å². The molecule has 7 nitrogen and oxygen atoms in total. The highest BCUT2D eigenvalue weighted by Crippen LogP contribution is 2.25. The second-order valence-electron chi connectivity index (χ2n) is 4.74. The number of nitrogens with one attached hydrogen (secondary N) is 1. The van der Waals surface area contributed by atoms with E-state index in [1.807, 2.05) is 0 Å². The number of H-pyrrole nitrogens is 1. The number of anilines is 1. The second kappa shape index (κ2) is 4.62. The fraction of sp³-hybridized carbons (Fsp3) is 0.250. The SMILES string of the molecule is O=C1CC(S(=O)(=O)F)CN1c1ccc2ccc(=O)[nH]c2n1. The Bertz CT molecular complexity index is 893. The summed E-state index contributed by atoms with van der Waals surface area (Å²) < 4.78 is 34.8. The molecule has 21 heavy (non-hydrogen) atoms. The Morgan fingerprint density at radius 3 is 2.62 bits per heavy atom. The van der Waals surface area contributed by atoms with E-state index >= 15 is 0 Å². The van der Waals surface area contributed by atoms with Crippen LogP contribution in [0.5, 0.6) is 0 Å². The lowest BCUT2D eigenvalue weighted by Crippen LogP contribution is -2.27. The largest absolute Gasteiger partial charge is 0.307 e. The first-order valence-corrected chi connectivity index (χ1v) is 7.53. The Balaban J connectivity index is 2.01. The Kier molecular flexibility index (Phi) is 3.01. The van der Waals surface area contributed by atoms with E-state index in [1.54, 1.807) is 12.1 Å². The molecule has 9 heteroatoms. The quantitative estimate of drug-likeness (QED) is 0.805. The number of carbonyl (C=O) groups excluding carboxylic acids is 1. The molecular formula is C12H10FN3O4S. The molecule has 0 bridgehead atoms. The predicted octanol–water partition coefficient (Wildman–Crippen LogP) is 0.328. The van der Waals surface area contributed by atoms with Gasteiger partial charge in [-0.1, -0.05) is 0 Å². The van der Waals surface area contributed by atoms with E-state index in [1.165, 1.54) is 12.1 Å². The average Bonchev–Trinajstić information content (AvgIpc) is 2.80. The molecule has 1 amide bonds. The lowest BCUT2D eigenvalue weighted by atomic mass is 10.3. The molecule has 0 saturated carbocycles. The molecule has 110 valence electrons. The van der Waals surface area contributed by atoms with Crippen LogP contribution in [-0.2, 0) is 15.0 Å². The summed E-state index contributed by atoms with van der Waals surface area (Å²) in [7, 11) is -4.77. The maximum absolute atomic E-state index is 13.0. The van der Waals surface area contributed by atoms with Gasteiger partial charge in [-0.25, -0.2) is 4.98 Å².